The maximum atomic E-state index is 13.5. The third kappa shape index (κ3) is 2.75. The lowest BCUT2D eigenvalue weighted by atomic mass is 10.0. The summed E-state index contributed by atoms with van der Waals surface area (Å²) < 4.78 is 3.49. The molecule has 4 heterocycles. The predicted octanol–water partition coefficient (Wildman–Crippen LogP) is 3.05. The number of nitrogens with zero attached hydrogens (tertiary/aromatic N) is 5. The maximum Gasteiger partial charge on any atom is 0.263 e. The highest BCUT2D eigenvalue weighted by Crippen LogP contribution is 2.24. The van der Waals surface area contributed by atoms with Gasteiger partial charge in [0.2, 0.25) is 0 Å². The van der Waals surface area contributed by atoms with E-state index in [0.717, 1.165) is 22.3 Å². The van der Waals surface area contributed by atoms with Gasteiger partial charge >= 0.3 is 0 Å². The molecule has 0 aliphatic heterocycles. The Hall–Kier alpha value is -4.00. The number of anilines is 1. The van der Waals surface area contributed by atoms with Crippen molar-refractivity contribution in [2.45, 2.75) is 13.5 Å². The largest absolute Gasteiger partial charge is 0.383 e. The Morgan fingerprint density at radius 1 is 1.03 bits per heavy atom. The highest BCUT2D eigenvalue weighted by atomic mass is 16.1. The van der Waals surface area contributed by atoms with Gasteiger partial charge in [-0.3, -0.25) is 9.20 Å². The van der Waals surface area contributed by atoms with Crippen LogP contribution in [-0.4, -0.2) is 24.1 Å². The highest BCUT2D eigenvalue weighted by molar-refractivity contribution is 5.84. The molecule has 1 aromatic carbocycles. The van der Waals surface area contributed by atoms with Crippen molar-refractivity contribution in [1.82, 2.24) is 24.1 Å². The third-order valence-corrected chi connectivity index (χ3v) is 5.12. The molecule has 4 aromatic heterocycles. The zero-order valence-corrected chi connectivity index (χ0v) is 15.8. The van der Waals surface area contributed by atoms with E-state index >= 15 is 0 Å². The van der Waals surface area contributed by atoms with E-state index in [4.69, 9.17) is 5.73 Å². The number of aryl methyl sites for hydroxylation is 1. The van der Waals surface area contributed by atoms with Gasteiger partial charge in [0.1, 0.15) is 12.1 Å². The van der Waals surface area contributed by atoms with Gasteiger partial charge in [-0.05, 0) is 36.2 Å². The van der Waals surface area contributed by atoms with E-state index in [1.807, 2.05) is 61.5 Å². The molecule has 5 rings (SSSR count). The van der Waals surface area contributed by atoms with E-state index in [0.29, 0.717) is 29.0 Å². The summed E-state index contributed by atoms with van der Waals surface area (Å²) in [6.07, 6.45) is 3.08. The Bertz CT molecular complexity index is 1420. The second-order valence-corrected chi connectivity index (χ2v) is 6.94. The Labute approximate surface area is 166 Å². The Morgan fingerprint density at radius 3 is 2.69 bits per heavy atom. The molecule has 2 N–H and O–H groups in total. The van der Waals surface area contributed by atoms with Gasteiger partial charge < -0.3 is 5.73 Å². The molecule has 0 amide bonds. The first-order chi connectivity index (χ1) is 14.1. The van der Waals surface area contributed by atoms with Gasteiger partial charge in [-0.15, -0.1) is 0 Å². The van der Waals surface area contributed by atoms with Crippen molar-refractivity contribution in [3.63, 3.8) is 0 Å². The summed E-state index contributed by atoms with van der Waals surface area (Å²) in [6, 6.07) is 17.6. The number of hydrogen-bond donors (Lipinski definition) is 1. The van der Waals surface area contributed by atoms with Gasteiger partial charge in [-0.25, -0.2) is 14.6 Å². The summed E-state index contributed by atoms with van der Waals surface area (Å²) >= 11 is 0. The number of fused-ring (bicyclic) bond motifs is 2. The molecule has 142 valence electrons. The molecule has 0 unspecified atom stereocenters. The fraction of sp³-hybridized carbons (Fsp3) is 0.0909. The molecule has 0 aliphatic carbocycles. The van der Waals surface area contributed by atoms with Crippen LogP contribution in [0.4, 0.5) is 5.82 Å². The van der Waals surface area contributed by atoms with E-state index in [2.05, 4.69) is 15.1 Å². The van der Waals surface area contributed by atoms with Crippen LogP contribution in [0.1, 0.15) is 11.3 Å². The smallest absolute Gasteiger partial charge is 0.263 e. The molecule has 0 aliphatic rings. The van der Waals surface area contributed by atoms with Gasteiger partial charge in [-0.2, -0.15) is 5.10 Å². The standard InChI is InChI=1S/C22H18N6O/c1-14-6-5-9-17-10-16(12-27-21-18(11-26-27)20(23)24-13-25-21)19(22(29)28(14)17)15-7-3-2-4-8-15/h2-11,13H,12H2,1H3,(H2,23,24,25). The second-order valence-electron chi connectivity index (χ2n) is 6.94. The monoisotopic (exact) mass is 382 g/mol. The lowest BCUT2D eigenvalue weighted by Crippen LogP contribution is -2.21. The van der Waals surface area contributed by atoms with Crippen molar-refractivity contribution in [3.05, 3.63) is 88.7 Å². The average Bonchev–Trinajstić information content (AvgIpc) is 3.13. The molecular formula is C22H18N6O. The first kappa shape index (κ1) is 17.1. The van der Waals surface area contributed by atoms with Gasteiger partial charge in [0.15, 0.2) is 5.65 Å². The van der Waals surface area contributed by atoms with E-state index in [-0.39, 0.29) is 5.56 Å². The third-order valence-electron chi connectivity index (χ3n) is 5.12. The molecule has 0 atom stereocenters. The number of rotatable bonds is 3. The molecule has 7 nitrogen and oxygen atoms in total. The first-order valence-electron chi connectivity index (χ1n) is 9.25. The summed E-state index contributed by atoms with van der Waals surface area (Å²) in [5.41, 5.74) is 10.7. The van der Waals surface area contributed by atoms with Crippen LogP contribution in [-0.2, 0) is 6.54 Å². The highest BCUT2D eigenvalue weighted by Gasteiger charge is 2.16. The quantitative estimate of drug-likeness (QED) is 0.518. The van der Waals surface area contributed by atoms with Gasteiger partial charge in [-0.1, -0.05) is 36.4 Å². The molecule has 0 radical (unpaired) electrons. The lowest BCUT2D eigenvalue weighted by Gasteiger charge is -2.14. The SMILES string of the molecule is Cc1cccc2cc(Cn3ncc4c(N)ncnc43)c(-c3ccccc3)c(=O)n12. The maximum absolute atomic E-state index is 13.5. The van der Waals surface area contributed by atoms with Gasteiger partial charge in [0, 0.05) is 11.2 Å². The number of aromatic nitrogens is 5. The normalized spacial score (nSPS) is 11.3. The number of hydrogen-bond acceptors (Lipinski definition) is 5. The fourth-order valence-corrected chi connectivity index (χ4v) is 3.76. The fourth-order valence-electron chi connectivity index (χ4n) is 3.76. The van der Waals surface area contributed by atoms with E-state index in [9.17, 15) is 4.79 Å². The van der Waals surface area contributed by atoms with Crippen LogP contribution in [0.2, 0.25) is 0 Å². The molecular weight excluding hydrogens is 364 g/mol. The minimum atomic E-state index is -0.0487. The molecule has 5 aromatic rings. The summed E-state index contributed by atoms with van der Waals surface area (Å²) in [7, 11) is 0. The van der Waals surface area contributed by atoms with Crippen molar-refractivity contribution < 1.29 is 0 Å². The predicted molar refractivity (Wildman–Crippen MR) is 113 cm³/mol. The van der Waals surface area contributed by atoms with Crippen molar-refractivity contribution >= 4 is 22.4 Å². The van der Waals surface area contributed by atoms with Crippen LogP contribution < -0.4 is 11.3 Å². The summed E-state index contributed by atoms with van der Waals surface area (Å²) in [4.78, 5) is 21.8. The Kier molecular flexibility index (Phi) is 3.87. The molecule has 0 saturated heterocycles. The molecule has 0 bridgehead atoms. The van der Waals surface area contributed by atoms with Crippen LogP contribution in [0, 0.1) is 6.92 Å². The van der Waals surface area contributed by atoms with E-state index in [1.54, 1.807) is 15.3 Å². The van der Waals surface area contributed by atoms with Crippen LogP contribution in [0.15, 0.2) is 71.9 Å². The molecule has 29 heavy (non-hydrogen) atoms. The number of nitrogen functional groups attached to an aromatic ring is 1. The number of nitrogens with two attached hydrogens (primary N) is 1. The van der Waals surface area contributed by atoms with Crippen LogP contribution in [0.3, 0.4) is 0 Å². The first-order valence-corrected chi connectivity index (χ1v) is 9.25. The van der Waals surface area contributed by atoms with Crippen molar-refractivity contribution in [3.8, 4) is 11.1 Å². The lowest BCUT2D eigenvalue weighted by molar-refractivity contribution is 0.703. The minimum Gasteiger partial charge on any atom is -0.383 e. The van der Waals surface area contributed by atoms with Crippen molar-refractivity contribution in [1.29, 1.82) is 0 Å². The van der Waals surface area contributed by atoms with Gasteiger partial charge in [0.25, 0.3) is 5.56 Å². The van der Waals surface area contributed by atoms with Crippen molar-refractivity contribution in [2.75, 3.05) is 5.73 Å². The molecule has 7 heteroatoms. The second kappa shape index (κ2) is 6.56. The topological polar surface area (TPSA) is 91.1 Å². The number of benzene rings is 1. The van der Waals surface area contributed by atoms with Crippen LogP contribution in [0.5, 0.6) is 0 Å². The zero-order valence-electron chi connectivity index (χ0n) is 15.8. The van der Waals surface area contributed by atoms with Crippen LogP contribution >= 0.6 is 0 Å². The Morgan fingerprint density at radius 2 is 1.86 bits per heavy atom. The minimum absolute atomic E-state index is 0.0487. The zero-order chi connectivity index (χ0) is 20.0. The van der Waals surface area contributed by atoms with E-state index < -0.39 is 0 Å². The molecule has 0 spiro atoms. The number of pyridine rings is 2. The average molecular weight is 382 g/mol. The summed E-state index contributed by atoms with van der Waals surface area (Å²) in [6.45, 7) is 2.33. The van der Waals surface area contributed by atoms with Gasteiger partial charge in [0.05, 0.1) is 23.7 Å². The summed E-state index contributed by atoms with van der Waals surface area (Å²) in [5.74, 6) is 0.388. The van der Waals surface area contributed by atoms with E-state index in [1.165, 1.54) is 6.33 Å². The summed E-state index contributed by atoms with van der Waals surface area (Å²) in [5, 5.41) is 5.14. The van der Waals surface area contributed by atoms with Crippen molar-refractivity contribution in [2.24, 2.45) is 0 Å². The molecule has 0 saturated carbocycles. The van der Waals surface area contributed by atoms with Crippen LogP contribution in [0.25, 0.3) is 27.7 Å². The molecule has 0 fully saturated rings. The Balaban J connectivity index is 1.78.